The summed E-state index contributed by atoms with van der Waals surface area (Å²) in [5.41, 5.74) is 6.65. The lowest BCUT2D eigenvalue weighted by atomic mass is 9.89. The molecule has 3 heterocycles. The number of anilines is 1. The van der Waals surface area contributed by atoms with Crippen molar-refractivity contribution in [1.82, 2.24) is 14.5 Å². The molecule has 8 heteroatoms. The Bertz CT molecular complexity index is 1060. The fourth-order valence-electron chi connectivity index (χ4n) is 6.71. The van der Waals surface area contributed by atoms with Crippen LogP contribution in [0.5, 0.6) is 0 Å². The standard InChI is InChI=1S/C26H37N5O3/c27-24(33)22(16-32)29-25-26(34)31(23-11-7-6-10-21(23)28-25)20-14-18-12-13-19(15-20)30(18)17-8-4-2-1-3-5-9-17/h6-7,10-11,17-20,22,32H,1-5,8-9,12-16H2,(H2,27,33)(H,28,29)/t18-,19+,20-,22-/m0/s1. The molecule has 5 rings (SSSR count). The van der Waals surface area contributed by atoms with Crippen molar-refractivity contribution in [2.24, 2.45) is 5.73 Å². The second-order valence-corrected chi connectivity index (χ2v) is 10.4. The molecule has 4 N–H and O–H groups in total. The molecule has 0 unspecified atom stereocenters. The Morgan fingerprint density at radius 2 is 1.65 bits per heavy atom. The predicted molar refractivity (Wildman–Crippen MR) is 133 cm³/mol. The number of hydrogen-bond acceptors (Lipinski definition) is 6. The number of aliphatic hydroxyl groups excluding tert-OH is 1. The topological polar surface area (TPSA) is 113 Å². The van der Waals surface area contributed by atoms with Crippen LogP contribution in [0.25, 0.3) is 11.0 Å². The molecule has 34 heavy (non-hydrogen) atoms. The summed E-state index contributed by atoms with van der Waals surface area (Å²) >= 11 is 0. The van der Waals surface area contributed by atoms with E-state index in [1.165, 1.54) is 57.8 Å². The van der Waals surface area contributed by atoms with E-state index in [4.69, 9.17) is 5.73 Å². The SMILES string of the molecule is NC(=O)[C@H](CO)Nc1nc2ccccc2n([C@@H]2C[C@H]3CC[C@@H](C2)N3C2CCCCCCC2)c1=O. The lowest BCUT2D eigenvalue weighted by Gasteiger charge is -2.45. The maximum Gasteiger partial charge on any atom is 0.294 e. The molecule has 1 aromatic carbocycles. The minimum atomic E-state index is -1.05. The molecule has 1 amide bonds. The van der Waals surface area contributed by atoms with Crippen molar-refractivity contribution in [3.63, 3.8) is 0 Å². The van der Waals surface area contributed by atoms with Crippen LogP contribution in [-0.4, -0.2) is 56.2 Å². The number of para-hydroxylation sites is 2. The van der Waals surface area contributed by atoms with Gasteiger partial charge >= 0.3 is 0 Å². The Kier molecular flexibility index (Phi) is 6.88. The maximum absolute atomic E-state index is 13.6. The first-order valence-electron chi connectivity index (χ1n) is 13.0. The van der Waals surface area contributed by atoms with Crippen molar-refractivity contribution in [2.75, 3.05) is 11.9 Å². The monoisotopic (exact) mass is 467 g/mol. The van der Waals surface area contributed by atoms with Crippen molar-refractivity contribution >= 4 is 22.8 Å². The van der Waals surface area contributed by atoms with E-state index in [2.05, 4.69) is 15.2 Å². The van der Waals surface area contributed by atoms with Crippen LogP contribution in [0.1, 0.15) is 76.7 Å². The molecule has 1 aromatic heterocycles. The van der Waals surface area contributed by atoms with Gasteiger partial charge in [-0.25, -0.2) is 4.98 Å². The highest BCUT2D eigenvalue weighted by molar-refractivity contribution is 5.83. The molecular weight excluding hydrogens is 430 g/mol. The van der Waals surface area contributed by atoms with Crippen LogP contribution in [0.3, 0.4) is 0 Å². The molecule has 4 atom stereocenters. The summed E-state index contributed by atoms with van der Waals surface area (Å²) in [6.07, 6.45) is 13.7. The Morgan fingerprint density at radius 1 is 1.00 bits per heavy atom. The molecule has 1 aliphatic carbocycles. The number of amides is 1. The molecule has 2 aromatic rings. The van der Waals surface area contributed by atoms with Crippen LogP contribution in [0.15, 0.2) is 29.1 Å². The van der Waals surface area contributed by atoms with Gasteiger partial charge < -0.3 is 20.7 Å². The van der Waals surface area contributed by atoms with E-state index < -0.39 is 18.6 Å². The first-order valence-corrected chi connectivity index (χ1v) is 13.0. The quantitative estimate of drug-likeness (QED) is 0.602. The highest BCUT2D eigenvalue weighted by Gasteiger charge is 2.44. The van der Waals surface area contributed by atoms with E-state index >= 15 is 0 Å². The highest BCUT2D eigenvalue weighted by Crippen LogP contribution is 2.44. The van der Waals surface area contributed by atoms with Crippen molar-refractivity contribution < 1.29 is 9.90 Å². The molecule has 2 saturated heterocycles. The molecule has 1 saturated carbocycles. The number of hydrogen-bond donors (Lipinski definition) is 3. The number of benzene rings is 1. The van der Waals surface area contributed by atoms with Crippen LogP contribution in [0.4, 0.5) is 5.82 Å². The molecule has 184 valence electrons. The molecular formula is C26H37N5O3. The van der Waals surface area contributed by atoms with E-state index in [0.29, 0.717) is 23.6 Å². The van der Waals surface area contributed by atoms with Crippen LogP contribution in [0.2, 0.25) is 0 Å². The molecule has 8 nitrogen and oxygen atoms in total. The van der Waals surface area contributed by atoms with Crippen LogP contribution >= 0.6 is 0 Å². The van der Waals surface area contributed by atoms with E-state index in [0.717, 1.165) is 18.4 Å². The van der Waals surface area contributed by atoms with Crippen LogP contribution in [-0.2, 0) is 4.79 Å². The number of primary amides is 1. The molecule has 0 spiro atoms. The average Bonchev–Trinajstić information content (AvgIpc) is 3.06. The second kappa shape index (κ2) is 10.0. The zero-order valence-electron chi connectivity index (χ0n) is 19.9. The van der Waals surface area contributed by atoms with Crippen molar-refractivity contribution in [1.29, 1.82) is 0 Å². The number of carbonyl (C=O) groups excluding carboxylic acids is 1. The van der Waals surface area contributed by atoms with Crippen molar-refractivity contribution in [3.8, 4) is 0 Å². The number of piperidine rings is 1. The zero-order chi connectivity index (χ0) is 23.7. The summed E-state index contributed by atoms with van der Waals surface area (Å²) in [6, 6.07) is 8.41. The summed E-state index contributed by atoms with van der Waals surface area (Å²) in [5.74, 6) is -0.639. The van der Waals surface area contributed by atoms with Gasteiger partial charge in [0.1, 0.15) is 6.04 Å². The summed E-state index contributed by atoms with van der Waals surface area (Å²) in [6.45, 7) is -0.493. The van der Waals surface area contributed by atoms with E-state index in [-0.39, 0.29) is 17.4 Å². The van der Waals surface area contributed by atoms with Gasteiger partial charge in [0.25, 0.3) is 5.56 Å². The molecule has 3 aliphatic rings. The number of aliphatic hydroxyl groups is 1. The molecule has 3 fully saturated rings. The minimum Gasteiger partial charge on any atom is -0.394 e. The largest absolute Gasteiger partial charge is 0.394 e. The Hall–Kier alpha value is -2.45. The normalized spacial score (nSPS) is 27.3. The molecule has 2 aliphatic heterocycles. The van der Waals surface area contributed by atoms with E-state index in [1.54, 1.807) is 0 Å². The van der Waals surface area contributed by atoms with Gasteiger partial charge in [-0.2, -0.15) is 0 Å². The predicted octanol–water partition coefficient (Wildman–Crippen LogP) is 2.94. The third kappa shape index (κ3) is 4.45. The van der Waals surface area contributed by atoms with Gasteiger partial charge in [0.05, 0.1) is 17.6 Å². The fourth-order valence-corrected chi connectivity index (χ4v) is 6.71. The number of nitrogens with two attached hydrogens (primary N) is 1. The third-order valence-corrected chi connectivity index (χ3v) is 8.26. The summed E-state index contributed by atoms with van der Waals surface area (Å²) < 4.78 is 1.89. The van der Waals surface area contributed by atoms with Crippen molar-refractivity contribution in [2.45, 2.75) is 101 Å². The minimum absolute atomic E-state index is 0.0753. The number of fused-ring (bicyclic) bond motifs is 3. The lowest BCUT2D eigenvalue weighted by molar-refractivity contribution is -0.119. The van der Waals surface area contributed by atoms with Gasteiger partial charge in [0.2, 0.25) is 5.91 Å². The van der Waals surface area contributed by atoms with Gasteiger partial charge in [0.15, 0.2) is 5.82 Å². The number of rotatable bonds is 6. The third-order valence-electron chi connectivity index (χ3n) is 8.26. The average molecular weight is 468 g/mol. The Labute approximate surface area is 200 Å². The number of nitrogens with one attached hydrogen (secondary N) is 1. The molecule has 2 bridgehead atoms. The number of nitrogens with zero attached hydrogens (tertiary/aromatic N) is 3. The summed E-state index contributed by atoms with van der Waals surface area (Å²) in [4.78, 5) is 32.6. The maximum atomic E-state index is 13.6. The Morgan fingerprint density at radius 3 is 2.29 bits per heavy atom. The van der Waals surface area contributed by atoms with E-state index in [1.807, 2.05) is 28.8 Å². The number of aromatic nitrogens is 2. The number of carbonyl (C=O) groups is 1. The van der Waals surface area contributed by atoms with Gasteiger partial charge in [-0.05, 0) is 50.7 Å². The van der Waals surface area contributed by atoms with E-state index in [9.17, 15) is 14.7 Å². The molecule has 0 radical (unpaired) electrons. The van der Waals surface area contributed by atoms with Crippen LogP contribution in [0, 0.1) is 0 Å². The van der Waals surface area contributed by atoms with Crippen molar-refractivity contribution in [3.05, 3.63) is 34.6 Å². The van der Waals surface area contributed by atoms with Gasteiger partial charge in [-0.15, -0.1) is 0 Å². The Balaban J connectivity index is 1.46. The first kappa shape index (κ1) is 23.3. The smallest absolute Gasteiger partial charge is 0.294 e. The van der Waals surface area contributed by atoms with Gasteiger partial charge in [-0.1, -0.05) is 44.2 Å². The van der Waals surface area contributed by atoms with Gasteiger partial charge in [-0.3, -0.25) is 14.5 Å². The fraction of sp³-hybridized carbons (Fsp3) is 0.654. The zero-order valence-corrected chi connectivity index (χ0v) is 19.9. The summed E-state index contributed by atoms with van der Waals surface area (Å²) in [7, 11) is 0. The second-order valence-electron chi connectivity index (χ2n) is 10.4. The first-order chi connectivity index (χ1) is 16.6. The van der Waals surface area contributed by atoms with Crippen LogP contribution < -0.4 is 16.6 Å². The lowest BCUT2D eigenvalue weighted by Crippen LogP contribution is -2.50. The summed E-state index contributed by atoms with van der Waals surface area (Å²) in [5, 5.41) is 12.3. The highest BCUT2D eigenvalue weighted by atomic mass is 16.3. The van der Waals surface area contributed by atoms with Gasteiger partial charge in [0, 0.05) is 24.2 Å².